The Bertz CT molecular complexity index is 339. The first-order valence-corrected chi connectivity index (χ1v) is 5.81. The van der Waals surface area contributed by atoms with Gasteiger partial charge in [-0.2, -0.15) is 0 Å². The number of ether oxygens (including phenoxy) is 1. The second kappa shape index (κ2) is 4.26. The van der Waals surface area contributed by atoms with Crippen molar-refractivity contribution in [3.63, 3.8) is 0 Å². The molecule has 1 atom stereocenters. The number of hydrogen-bond donors (Lipinski definition) is 0. The van der Waals surface area contributed by atoms with E-state index >= 15 is 0 Å². The number of aryl methyl sites for hydroxylation is 1. The highest BCUT2D eigenvalue weighted by atomic mass is 16.5. The predicted molar refractivity (Wildman–Crippen MR) is 65.6 cm³/mol. The van der Waals surface area contributed by atoms with Gasteiger partial charge >= 0.3 is 0 Å². The Kier molecular flexibility index (Phi) is 3.43. The van der Waals surface area contributed by atoms with Gasteiger partial charge in [0.25, 0.3) is 0 Å². The molecule has 1 nitrogen and oxygen atoms in total. The highest BCUT2D eigenvalue weighted by molar-refractivity contribution is 5.47. The fraction of sp³-hybridized carbons (Fsp3) is 0.571. The minimum Gasteiger partial charge on any atom is -0.487 e. The summed E-state index contributed by atoms with van der Waals surface area (Å²) in [5.41, 5.74) is 2.55. The zero-order valence-corrected chi connectivity index (χ0v) is 10.7. The van der Waals surface area contributed by atoms with Crippen molar-refractivity contribution in [3.05, 3.63) is 29.3 Å². The number of hydrogen-bond acceptors (Lipinski definition) is 1. The number of fused-ring (bicyclic) bond motifs is 1. The zero-order chi connectivity index (χ0) is 11.6. The van der Waals surface area contributed by atoms with E-state index in [9.17, 15) is 0 Å². The van der Waals surface area contributed by atoms with E-state index in [0.717, 1.165) is 5.75 Å². The third-order valence-electron chi connectivity index (χ3n) is 3.12. The maximum atomic E-state index is 5.94. The van der Waals surface area contributed by atoms with E-state index in [-0.39, 0.29) is 5.60 Å². The summed E-state index contributed by atoms with van der Waals surface area (Å²) in [6.45, 7) is 12.6. The van der Waals surface area contributed by atoms with Crippen LogP contribution in [0.4, 0.5) is 0 Å². The average molecular weight is 206 g/mol. The monoisotopic (exact) mass is 206 g/mol. The molecular formula is C14H22O. The van der Waals surface area contributed by atoms with Gasteiger partial charge in [-0.05, 0) is 26.3 Å². The molecule has 0 saturated heterocycles. The Hall–Kier alpha value is -0.980. The van der Waals surface area contributed by atoms with Gasteiger partial charge in [0.2, 0.25) is 0 Å². The number of para-hydroxylation sites is 1. The second-order valence-corrected chi connectivity index (χ2v) is 4.42. The van der Waals surface area contributed by atoms with E-state index < -0.39 is 0 Å². The van der Waals surface area contributed by atoms with Gasteiger partial charge in [0.15, 0.2) is 0 Å². The largest absolute Gasteiger partial charge is 0.487 e. The maximum absolute atomic E-state index is 5.94. The molecule has 0 amide bonds. The van der Waals surface area contributed by atoms with Crippen LogP contribution in [0.25, 0.3) is 0 Å². The third kappa shape index (κ3) is 2.01. The summed E-state index contributed by atoms with van der Waals surface area (Å²) in [5, 5.41) is 0. The smallest absolute Gasteiger partial charge is 0.126 e. The molecule has 1 aliphatic heterocycles. The topological polar surface area (TPSA) is 9.23 Å². The van der Waals surface area contributed by atoms with Crippen LogP contribution in [0.3, 0.4) is 0 Å². The average Bonchev–Trinajstić information content (AvgIpc) is 2.45. The molecule has 0 N–H and O–H groups in total. The summed E-state index contributed by atoms with van der Waals surface area (Å²) < 4.78 is 5.94. The molecule has 1 aliphatic rings. The molecule has 84 valence electrons. The van der Waals surface area contributed by atoms with Gasteiger partial charge in [-0.3, -0.25) is 0 Å². The van der Waals surface area contributed by atoms with Crippen LogP contribution in [0.2, 0.25) is 0 Å². The van der Waals surface area contributed by atoms with Crippen LogP contribution in [0.1, 0.15) is 51.7 Å². The van der Waals surface area contributed by atoms with Gasteiger partial charge in [0.05, 0.1) is 0 Å². The van der Waals surface area contributed by atoms with Gasteiger partial charge in [-0.15, -0.1) is 0 Å². The molecule has 1 heterocycles. The van der Waals surface area contributed by atoms with E-state index in [2.05, 4.69) is 45.9 Å². The fourth-order valence-corrected chi connectivity index (χ4v) is 1.88. The van der Waals surface area contributed by atoms with Crippen molar-refractivity contribution in [3.8, 4) is 5.75 Å². The Morgan fingerprint density at radius 3 is 2.33 bits per heavy atom. The van der Waals surface area contributed by atoms with Crippen molar-refractivity contribution >= 4 is 0 Å². The highest BCUT2D eigenvalue weighted by Crippen LogP contribution is 2.45. The van der Waals surface area contributed by atoms with Crippen LogP contribution in [-0.4, -0.2) is 5.60 Å². The number of rotatable bonds is 0. The van der Waals surface area contributed by atoms with Crippen LogP contribution >= 0.6 is 0 Å². The SMILES string of the molecule is CC.Cc1cccc2c1OC(C)(C)C2C. The van der Waals surface area contributed by atoms with E-state index in [1.165, 1.54) is 11.1 Å². The van der Waals surface area contributed by atoms with Crippen molar-refractivity contribution in [2.45, 2.75) is 53.1 Å². The van der Waals surface area contributed by atoms with Gasteiger partial charge in [0.1, 0.15) is 11.4 Å². The molecular weight excluding hydrogens is 184 g/mol. The predicted octanol–water partition coefficient (Wildman–Crippen LogP) is 4.30. The summed E-state index contributed by atoms with van der Waals surface area (Å²) in [6.07, 6.45) is 0. The molecule has 1 aromatic carbocycles. The highest BCUT2D eigenvalue weighted by Gasteiger charge is 2.38. The molecule has 0 aliphatic carbocycles. The molecule has 0 bridgehead atoms. The van der Waals surface area contributed by atoms with Crippen LogP contribution in [0.5, 0.6) is 5.75 Å². The molecule has 0 spiro atoms. The lowest BCUT2D eigenvalue weighted by Crippen LogP contribution is -2.28. The first-order valence-electron chi connectivity index (χ1n) is 5.81. The van der Waals surface area contributed by atoms with Crippen molar-refractivity contribution in [2.75, 3.05) is 0 Å². The van der Waals surface area contributed by atoms with Crippen LogP contribution in [0.15, 0.2) is 18.2 Å². The molecule has 0 radical (unpaired) electrons. The summed E-state index contributed by atoms with van der Waals surface area (Å²) in [6, 6.07) is 6.38. The minimum absolute atomic E-state index is 0.0472. The Morgan fingerprint density at radius 2 is 1.80 bits per heavy atom. The molecule has 1 aromatic rings. The summed E-state index contributed by atoms with van der Waals surface area (Å²) in [7, 11) is 0. The zero-order valence-electron chi connectivity index (χ0n) is 10.7. The quantitative estimate of drug-likeness (QED) is 0.615. The molecule has 15 heavy (non-hydrogen) atoms. The van der Waals surface area contributed by atoms with Gasteiger partial charge < -0.3 is 4.74 Å². The van der Waals surface area contributed by atoms with Gasteiger partial charge in [-0.25, -0.2) is 0 Å². The molecule has 0 saturated carbocycles. The molecule has 1 unspecified atom stereocenters. The lowest BCUT2D eigenvalue weighted by Gasteiger charge is -2.23. The summed E-state index contributed by atoms with van der Waals surface area (Å²) >= 11 is 0. The Labute approximate surface area is 93.5 Å². The molecule has 0 fully saturated rings. The van der Waals surface area contributed by atoms with E-state index in [1.807, 2.05) is 13.8 Å². The normalized spacial score (nSPS) is 21.1. The van der Waals surface area contributed by atoms with E-state index in [1.54, 1.807) is 0 Å². The summed E-state index contributed by atoms with van der Waals surface area (Å²) in [5.74, 6) is 1.59. The van der Waals surface area contributed by atoms with Gasteiger partial charge in [-0.1, -0.05) is 39.0 Å². The molecule has 0 aromatic heterocycles. The first kappa shape index (κ1) is 12.1. The van der Waals surface area contributed by atoms with Crippen molar-refractivity contribution in [1.82, 2.24) is 0 Å². The van der Waals surface area contributed by atoms with Crippen LogP contribution in [-0.2, 0) is 0 Å². The maximum Gasteiger partial charge on any atom is 0.126 e. The first-order chi connectivity index (χ1) is 7.02. The minimum atomic E-state index is -0.0472. The summed E-state index contributed by atoms with van der Waals surface area (Å²) in [4.78, 5) is 0. The van der Waals surface area contributed by atoms with Crippen molar-refractivity contribution < 1.29 is 4.74 Å². The van der Waals surface area contributed by atoms with E-state index in [4.69, 9.17) is 4.74 Å². The number of benzene rings is 1. The molecule has 1 heteroatoms. The van der Waals surface area contributed by atoms with E-state index in [0.29, 0.717) is 5.92 Å². The Morgan fingerprint density at radius 1 is 1.20 bits per heavy atom. The van der Waals surface area contributed by atoms with Crippen LogP contribution in [0, 0.1) is 6.92 Å². The fourth-order valence-electron chi connectivity index (χ4n) is 1.88. The van der Waals surface area contributed by atoms with Crippen molar-refractivity contribution in [2.24, 2.45) is 0 Å². The lowest BCUT2D eigenvalue weighted by molar-refractivity contribution is 0.115. The second-order valence-electron chi connectivity index (χ2n) is 4.42. The van der Waals surface area contributed by atoms with Crippen LogP contribution < -0.4 is 4.74 Å². The molecule has 2 rings (SSSR count). The third-order valence-corrected chi connectivity index (χ3v) is 3.12. The van der Waals surface area contributed by atoms with Crippen molar-refractivity contribution in [1.29, 1.82) is 0 Å². The standard InChI is InChI=1S/C12H16O.C2H6/c1-8-6-5-7-10-9(2)12(3,4)13-11(8)10;1-2/h5-7,9H,1-4H3;1-2H3. The Balaban J connectivity index is 0.000000531. The van der Waals surface area contributed by atoms with Gasteiger partial charge in [0, 0.05) is 11.5 Å². The lowest BCUT2D eigenvalue weighted by atomic mass is 9.88.